The monoisotopic (exact) mass is 181 g/mol. The molecular weight excluding hydrogens is 166 g/mol. The second-order valence-electron chi connectivity index (χ2n) is 2.90. The van der Waals surface area contributed by atoms with Crippen molar-refractivity contribution in [2.45, 2.75) is 20.3 Å². The van der Waals surface area contributed by atoms with Crippen molar-refractivity contribution in [3.8, 4) is 0 Å². The highest BCUT2D eigenvalue weighted by Gasteiger charge is 2.00. The molecule has 0 aliphatic heterocycles. The predicted molar refractivity (Wildman–Crippen MR) is 56.4 cm³/mol. The Kier molecular flexibility index (Phi) is 3.50. The van der Waals surface area contributed by atoms with Gasteiger partial charge in [0.2, 0.25) is 0 Å². The highest BCUT2D eigenvalue weighted by atomic mass is 32.1. The third-order valence-electron chi connectivity index (χ3n) is 1.84. The van der Waals surface area contributed by atoms with Crippen molar-refractivity contribution in [3.05, 3.63) is 28.0 Å². The van der Waals surface area contributed by atoms with Crippen molar-refractivity contribution in [2.75, 3.05) is 6.54 Å². The molecule has 0 radical (unpaired) electrons. The molecule has 66 valence electrons. The lowest BCUT2D eigenvalue weighted by atomic mass is 10.1. The quantitative estimate of drug-likeness (QED) is 0.762. The maximum absolute atomic E-state index is 5.43. The van der Waals surface area contributed by atoms with Gasteiger partial charge >= 0.3 is 0 Å². The Bertz CT molecular complexity index is 273. The van der Waals surface area contributed by atoms with Gasteiger partial charge in [-0.05, 0) is 49.4 Å². The van der Waals surface area contributed by atoms with Crippen LogP contribution in [0.3, 0.4) is 0 Å². The van der Waals surface area contributed by atoms with E-state index in [0.717, 1.165) is 13.0 Å². The Morgan fingerprint density at radius 2 is 2.42 bits per heavy atom. The van der Waals surface area contributed by atoms with Gasteiger partial charge < -0.3 is 5.73 Å². The van der Waals surface area contributed by atoms with E-state index in [1.807, 2.05) is 0 Å². The molecule has 0 fully saturated rings. The van der Waals surface area contributed by atoms with E-state index in [0.29, 0.717) is 0 Å². The fourth-order valence-electron chi connectivity index (χ4n) is 1.17. The summed E-state index contributed by atoms with van der Waals surface area (Å²) in [7, 11) is 0. The van der Waals surface area contributed by atoms with Crippen LogP contribution in [0.15, 0.2) is 17.5 Å². The number of allylic oxidation sites excluding steroid dienone is 1. The molecule has 1 aromatic rings. The predicted octanol–water partition coefficient (Wildman–Crippen LogP) is 2.81. The number of aryl methyl sites for hydroxylation is 1. The highest BCUT2D eigenvalue weighted by molar-refractivity contribution is 7.11. The van der Waals surface area contributed by atoms with E-state index in [1.54, 1.807) is 11.3 Å². The summed E-state index contributed by atoms with van der Waals surface area (Å²) < 4.78 is 0. The zero-order valence-corrected chi connectivity index (χ0v) is 8.45. The second kappa shape index (κ2) is 4.43. The highest BCUT2D eigenvalue weighted by Crippen LogP contribution is 2.24. The van der Waals surface area contributed by atoms with Crippen LogP contribution in [0, 0.1) is 6.92 Å². The maximum Gasteiger partial charge on any atom is 0.0325 e. The van der Waals surface area contributed by atoms with Crippen LogP contribution in [0.2, 0.25) is 0 Å². The summed E-state index contributed by atoms with van der Waals surface area (Å²) in [4.78, 5) is 1.39. The molecule has 0 spiro atoms. The van der Waals surface area contributed by atoms with Crippen LogP contribution in [0.1, 0.15) is 23.8 Å². The summed E-state index contributed by atoms with van der Waals surface area (Å²) >= 11 is 1.80. The van der Waals surface area contributed by atoms with Crippen LogP contribution < -0.4 is 5.73 Å². The molecule has 0 unspecified atom stereocenters. The summed E-state index contributed by atoms with van der Waals surface area (Å²) in [5.41, 5.74) is 8.15. The van der Waals surface area contributed by atoms with Crippen molar-refractivity contribution in [2.24, 2.45) is 5.73 Å². The van der Waals surface area contributed by atoms with E-state index in [-0.39, 0.29) is 0 Å². The van der Waals surface area contributed by atoms with Gasteiger partial charge in [0.1, 0.15) is 0 Å². The SMILES string of the molecule is C/C(=C/CCN)c1sccc1C. The van der Waals surface area contributed by atoms with Crippen molar-refractivity contribution >= 4 is 16.9 Å². The average Bonchev–Trinajstić information content (AvgIpc) is 2.47. The lowest BCUT2D eigenvalue weighted by Crippen LogP contribution is -1.95. The molecule has 0 saturated heterocycles. The minimum atomic E-state index is 0.738. The lowest BCUT2D eigenvalue weighted by molar-refractivity contribution is 1.01. The molecule has 0 aliphatic carbocycles. The minimum Gasteiger partial charge on any atom is -0.330 e. The molecule has 0 bridgehead atoms. The van der Waals surface area contributed by atoms with Gasteiger partial charge in [0.15, 0.2) is 0 Å². The largest absolute Gasteiger partial charge is 0.330 e. The van der Waals surface area contributed by atoms with E-state index >= 15 is 0 Å². The van der Waals surface area contributed by atoms with Gasteiger partial charge in [-0.2, -0.15) is 0 Å². The molecule has 12 heavy (non-hydrogen) atoms. The van der Waals surface area contributed by atoms with Crippen LogP contribution in [0.5, 0.6) is 0 Å². The molecule has 2 N–H and O–H groups in total. The molecular formula is C10H15NS. The van der Waals surface area contributed by atoms with Gasteiger partial charge in [0, 0.05) is 4.88 Å². The van der Waals surface area contributed by atoms with Gasteiger partial charge in [-0.1, -0.05) is 6.08 Å². The van der Waals surface area contributed by atoms with Gasteiger partial charge in [0.25, 0.3) is 0 Å². The summed E-state index contributed by atoms with van der Waals surface area (Å²) in [6.45, 7) is 5.03. The van der Waals surface area contributed by atoms with Crippen LogP contribution in [0.25, 0.3) is 5.57 Å². The number of nitrogens with two attached hydrogens (primary N) is 1. The molecule has 0 amide bonds. The zero-order chi connectivity index (χ0) is 8.97. The Morgan fingerprint density at radius 1 is 1.67 bits per heavy atom. The second-order valence-corrected chi connectivity index (χ2v) is 3.81. The standard InChI is InChI=1S/C10H15NS/c1-8(4-3-6-11)10-9(2)5-7-12-10/h4-5,7H,3,6,11H2,1-2H3/b8-4-. The summed E-state index contributed by atoms with van der Waals surface area (Å²) in [5.74, 6) is 0. The van der Waals surface area contributed by atoms with E-state index < -0.39 is 0 Å². The van der Waals surface area contributed by atoms with Crippen molar-refractivity contribution < 1.29 is 0 Å². The van der Waals surface area contributed by atoms with E-state index in [4.69, 9.17) is 5.73 Å². The summed E-state index contributed by atoms with van der Waals surface area (Å²) in [6, 6.07) is 2.15. The third kappa shape index (κ3) is 2.19. The Hall–Kier alpha value is -0.600. The van der Waals surface area contributed by atoms with E-state index in [9.17, 15) is 0 Å². The molecule has 0 aliphatic rings. The fourth-order valence-corrected chi connectivity index (χ4v) is 2.10. The lowest BCUT2D eigenvalue weighted by Gasteiger charge is -1.98. The van der Waals surface area contributed by atoms with Crippen LogP contribution in [-0.4, -0.2) is 6.54 Å². The average molecular weight is 181 g/mol. The third-order valence-corrected chi connectivity index (χ3v) is 2.99. The Morgan fingerprint density at radius 3 is 2.92 bits per heavy atom. The van der Waals surface area contributed by atoms with Crippen molar-refractivity contribution in [1.29, 1.82) is 0 Å². The minimum absolute atomic E-state index is 0.738. The summed E-state index contributed by atoms with van der Waals surface area (Å²) in [6.07, 6.45) is 3.18. The summed E-state index contributed by atoms with van der Waals surface area (Å²) in [5, 5.41) is 2.13. The molecule has 1 aromatic heterocycles. The Balaban J connectivity index is 2.77. The van der Waals surface area contributed by atoms with Gasteiger partial charge in [-0.15, -0.1) is 11.3 Å². The van der Waals surface area contributed by atoms with Crippen molar-refractivity contribution in [3.63, 3.8) is 0 Å². The normalized spacial score (nSPS) is 12.1. The molecule has 1 rings (SSSR count). The molecule has 0 saturated carbocycles. The van der Waals surface area contributed by atoms with Gasteiger partial charge in [-0.25, -0.2) is 0 Å². The molecule has 0 aromatic carbocycles. The first-order valence-electron chi connectivity index (χ1n) is 4.17. The first kappa shape index (κ1) is 9.49. The van der Waals surface area contributed by atoms with Gasteiger partial charge in [0.05, 0.1) is 0 Å². The number of rotatable bonds is 3. The number of thiophene rings is 1. The zero-order valence-electron chi connectivity index (χ0n) is 7.63. The van der Waals surface area contributed by atoms with E-state index in [2.05, 4.69) is 31.4 Å². The molecule has 0 atom stereocenters. The number of hydrogen-bond acceptors (Lipinski definition) is 2. The van der Waals surface area contributed by atoms with Crippen LogP contribution >= 0.6 is 11.3 Å². The van der Waals surface area contributed by atoms with E-state index in [1.165, 1.54) is 16.0 Å². The van der Waals surface area contributed by atoms with Gasteiger partial charge in [-0.3, -0.25) is 0 Å². The first-order chi connectivity index (χ1) is 5.75. The fraction of sp³-hybridized carbons (Fsp3) is 0.400. The molecule has 1 nitrogen and oxygen atoms in total. The maximum atomic E-state index is 5.43. The topological polar surface area (TPSA) is 26.0 Å². The molecule has 2 heteroatoms. The first-order valence-corrected chi connectivity index (χ1v) is 5.05. The Labute approximate surface area is 77.9 Å². The smallest absolute Gasteiger partial charge is 0.0325 e. The van der Waals surface area contributed by atoms with Crippen molar-refractivity contribution in [1.82, 2.24) is 0 Å². The number of hydrogen-bond donors (Lipinski definition) is 1. The molecule has 1 heterocycles. The van der Waals surface area contributed by atoms with Crippen LogP contribution in [-0.2, 0) is 0 Å². The van der Waals surface area contributed by atoms with Crippen LogP contribution in [0.4, 0.5) is 0 Å².